The van der Waals surface area contributed by atoms with Gasteiger partial charge < -0.3 is 19.6 Å². The number of carboxylic acid groups (broad SMARTS) is 1. The summed E-state index contributed by atoms with van der Waals surface area (Å²) < 4.78 is 11.4. The maximum absolute atomic E-state index is 11.3. The molecule has 0 spiro atoms. The van der Waals surface area contributed by atoms with E-state index in [4.69, 9.17) is 9.47 Å². The highest BCUT2D eigenvalue weighted by atomic mass is 16.5. The standard InChI is InChI=1S/C23H21N3O4/c1-23(2,22(27)28)30-17-8-9-18-16(12-17)13-19(25-18)21-24-11-10-20(26-21)29-14-15-6-4-3-5-7-15/h3-13,25H,14H2,1-2H3,(H,27,28). The molecule has 0 amide bonds. The molecule has 0 aliphatic heterocycles. The lowest BCUT2D eigenvalue weighted by Crippen LogP contribution is -2.37. The molecule has 0 atom stereocenters. The van der Waals surface area contributed by atoms with Gasteiger partial charge in [0, 0.05) is 23.2 Å². The van der Waals surface area contributed by atoms with Crippen molar-refractivity contribution in [3.8, 4) is 23.1 Å². The molecule has 30 heavy (non-hydrogen) atoms. The van der Waals surface area contributed by atoms with E-state index >= 15 is 0 Å². The Balaban J connectivity index is 1.55. The quantitative estimate of drug-likeness (QED) is 0.473. The van der Waals surface area contributed by atoms with Crippen LogP contribution in [0, 0.1) is 0 Å². The van der Waals surface area contributed by atoms with Gasteiger partial charge in [0.2, 0.25) is 5.88 Å². The van der Waals surface area contributed by atoms with Crippen LogP contribution in [0.25, 0.3) is 22.4 Å². The molecule has 7 nitrogen and oxygen atoms in total. The molecule has 0 saturated carbocycles. The summed E-state index contributed by atoms with van der Waals surface area (Å²) in [5.74, 6) is 0.430. The van der Waals surface area contributed by atoms with Gasteiger partial charge in [-0.2, -0.15) is 4.98 Å². The van der Waals surface area contributed by atoms with E-state index in [9.17, 15) is 9.90 Å². The molecule has 4 aromatic rings. The van der Waals surface area contributed by atoms with Crippen molar-refractivity contribution >= 4 is 16.9 Å². The van der Waals surface area contributed by atoms with Crippen LogP contribution in [0.2, 0.25) is 0 Å². The predicted molar refractivity (Wildman–Crippen MR) is 112 cm³/mol. The first-order valence-electron chi connectivity index (χ1n) is 9.46. The van der Waals surface area contributed by atoms with E-state index in [1.807, 2.05) is 42.5 Å². The molecule has 0 radical (unpaired) electrons. The number of nitrogens with one attached hydrogen (secondary N) is 1. The highest BCUT2D eigenvalue weighted by Gasteiger charge is 2.29. The number of H-pyrrole nitrogens is 1. The molecule has 0 aliphatic carbocycles. The largest absolute Gasteiger partial charge is 0.478 e. The first-order valence-corrected chi connectivity index (χ1v) is 9.46. The van der Waals surface area contributed by atoms with Gasteiger partial charge in [-0.15, -0.1) is 0 Å². The fourth-order valence-corrected chi connectivity index (χ4v) is 2.92. The second-order valence-corrected chi connectivity index (χ2v) is 7.34. The zero-order valence-electron chi connectivity index (χ0n) is 16.6. The SMILES string of the molecule is CC(C)(Oc1ccc2[nH]c(-c3nccc(OCc4ccccc4)n3)cc2c1)C(=O)O. The monoisotopic (exact) mass is 403 g/mol. The van der Waals surface area contributed by atoms with Crippen LogP contribution < -0.4 is 9.47 Å². The number of rotatable bonds is 7. The van der Waals surface area contributed by atoms with E-state index in [-0.39, 0.29) is 0 Å². The normalized spacial score (nSPS) is 11.4. The van der Waals surface area contributed by atoms with Crippen molar-refractivity contribution in [3.05, 3.63) is 72.4 Å². The van der Waals surface area contributed by atoms with Crippen LogP contribution >= 0.6 is 0 Å². The molecule has 4 rings (SSSR count). The van der Waals surface area contributed by atoms with Crippen molar-refractivity contribution in [1.29, 1.82) is 0 Å². The Labute approximate surface area is 173 Å². The number of carbonyl (C=O) groups is 1. The fraction of sp³-hybridized carbons (Fsp3) is 0.174. The number of aromatic nitrogens is 3. The number of aromatic amines is 1. The first kappa shape index (κ1) is 19.4. The maximum atomic E-state index is 11.3. The zero-order chi connectivity index (χ0) is 21.1. The van der Waals surface area contributed by atoms with Crippen molar-refractivity contribution in [2.24, 2.45) is 0 Å². The Bertz CT molecular complexity index is 1190. The van der Waals surface area contributed by atoms with Crippen LogP contribution in [0.4, 0.5) is 0 Å². The summed E-state index contributed by atoms with van der Waals surface area (Å²) in [6.45, 7) is 3.44. The summed E-state index contributed by atoms with van der Waals surface area (Å²) >= 11 is 0. The van der Waals surface area contributed by atoms with Gasteiger partial charge in [-0.25, -0.2) is 9.78 Å². The molecule has 152 valence electrons. The highest BCUT2D eigenvalue weighted by molar-refractivity contribution is 5.86. The van der Waals surface area contributed by atoms with E-state index in [0.717, 1.165) is 22.2 Å². The molecule has 2 N–H and O–H groups in total. The van der Waals surface area contributed by atoms with Gasteiger partial charge in [-0.3, -0.25) is 0 Å². The molecule has 0 saturated heterocycles. The summed E-state index contributed by atoms with van der Waals surface area (Å²) in [6.07, 6.45) is 1.65. The summed E-state index contributed by atoms with van der Waals surface area (Å²) in [5.41, 5.74) is 1.33. The molecule has 0 aliphatic rings. The van der Waals surface area contributed by atoms with Crippen LogP contribution in [-0.4, -0.2) is 31.6 Å². The Kier molecular flexibility index (Phi) is 5.10. The van der Waals surface area contributed by atoms with E-state index < -0.39 is 11.6 Å². The molecule has 2 aromatic carbocycles. The van der Waals surface area contributed by atoms with Crippen molar-refractivity contribution in [1.82, 2.24) is 15.0 Å². The maximum Gasteiger partial charge on any atom is 0.347 e. The van der Waals surface area contributed by atoms with E-state index in [1.54, 1.807) is 24.4 Å². The minimum atomic E-state index is -1.32. The third-order valence-corrected chi connectivity index (χ3v) is 4.58. The first-order chi connectivity index (χ1) is 14.4. The minimum Gasteiger partial charge on any atom is -0.478 e. The van der Waals surface area contributed by atoms with Gasteiger partial charge in [0.15, 0.2) is 11.4 Å². The summed E-state index contributed by atoms with van der Waals surface area (Å²) in [6, 6.07) is 18.8. The van der Waals surface area contributed by atoms with Crippen molar-refractivity contribution in [3.63, 3.8) is 0 Å². The number of hydrogen-bond donors (Lipinski definition) is 2. The lowest BCUT2D eigenvalue weighted by Gasteiger charge is -2.21. The number of benzene rings is 2. The Morgan fingerprint density at radius 2 is 1.90 bits per heavy atom. The molecule has 7 heteroatoms. The van der Waals surface area contributed by atoms with Gasteiger partial charge >= 0.3 is 5.97 Å². The molecule has 0 bridgehead atoms. The van der Waals surface area contributed by atoms with Crippen LogP contribution in [0.15, 0.2) is 66.9 Å². The van der Waals surface area contributed by atoms with Crippen LogP contribution in [0.1, 0.15) is 19.4 Å². The second-order valence-electron chi connectivity index (χ2n) is 7.34. The number of ether oxygens (including phenoxy) is 2. The smallest absolute Gasteiger partial charge is 0.347 e. The number of aliphatic carboxylic acids is 1. The fourth-order valence-electron chi connectivity index (χ4n) is 2.92. The highest BCUT2D eigenvalue weighted by Crippen LogP contribution is 2.28. The Hall–Kier alpha value is -3.87. The number of hydrogen-bond acceptors (Lipinski definition) is 5. The lowest BCUT2D eigenvalue weighted by atomic mass is 10.1. The second kappa shape index (κ2) is 7.87. The van der Waals surface area contributed by atoms with E-state index in [2.05, 4.69) is 15.0 Å². The van der Waals surface area contributed by atoms with Crippen molar-refractivity contribution in [2.75, 3.05) is 0 Å². The molecule has 2 aromatic heterocycles. The molecular weight excluding hydrogens is 382 g/mol. The topological polar surface area (TPSA) is 97.3 Å². The Morgan fingerprint density at radius 1 is 1.10 bits per heavy atom. The van der Waals surface area contributed by atoms with Crippen LogP contribution in [0.5, 0.6) is 11.6 Å². The van der Waals surface area contributed by atoms with Crippen molar-refractivity contribution in [2.45, 2.75) is 26.1 Å². The van der Waals surface area contributed by atoms with Crippen molar-refractivity contribution < 1.29 is 19.4 Å². The summed E-state index contributed by atoms with van der Waals surface area (Å²) in [4.78, 5) is 23.4. The van der Waals surface area contributed by atoms with Gasteiger partial charge in [0.25, 0.3) is 0 Å². The van der Waals surface area contributed by atoms with Crippen LogP contribution in [0.3, 0.4) is 0 Å². The van der Waals surface area contributed by atoms with Crippen LogP contribution in [-0.2, 0) is 11.4 Å². The summed E-state index contributed by atoms with van der Waals surface area (Å²) in [5, 5.41) is 10.1. The van der Waals surface area contributed by atoms with Gasteiger partial charge in [0.1, 0.15) is 12.4 Å². The molecule has 2 heterocycles. The van der Waals surface area contributed by atoms with E-state index in [0.29, 0.717) is 24.1 Å². The number of nitrogens with zero attached hydrogens (tertiary/aromatic N) is 2. The predicted octanol–water partition coefficient (Wildman–Crippen LogP) is 4.45. The summed E-state index contributed by atoms with van der Waals surface area (Å²) in [7, 11) is 0. The van der Waals surface area contributed by atoms with E-state index in [1.165, 1.54) is 13.8 Å². The molecule has 0 unspecified atom stereocenters. The average Bonchev–Trinajstić information content (AvgIpc) is 3.16. The third kappa shape index (κ3) is 4.25. The molecular formula is C23H21N3O4. The van der Waals surface area contributed by atoms with Gasteiger partial charge in [0.05, 0.1) is 5.69 Å². The molecule has 0 fully saturated rings. The third-order valence-electron chi connectivity index (χ3n) is 4.58. The van der Waals surface area contributed by atoms with Gasteiger partial charge in [-0.1, -0.05) is 30.3 Å². The number of fused-ring (bicyclic) bond motifs is 1. The Morgan fingerprint density at radius 3 is 2.67 bits per heavy atom. The number of carboxylic acids is 1. The zero-order valence-corrected chi connectivity index (χ0v) is 16.6. The lowest BCUT2D eigenvalue weighted by molar-refractivity contribution is -0.152. The average molecular weight is 403 g/mol. The minimum absolute atomic E-state index is 0.421. The van der Waals surface area contributed by atoms with Gasteiger partial charge in [-0.05, 0) is 43.7 Å².